The van der Waals surface area contributed by atoms with Gasteiger partial charge in [0.15, 0.2) is 0 Å². The van der Waals surface area contributed by atoms with Crippen LogP contribution in [0.3, 0.4) is 0 Å². The maximum Gasteiger partial charge on any atom is 0.246 e. The van der Waals surface area contributed by atoms with Crippen LogP contribution in [0.5, 0.6) is 11.5 Å². The highest BCUT2D eigenvalue weighted by atomic mass is 16.5. The van der Waals surface area contributed by atoms with Gasteiger partial charge in [0.25, 0.3) is 0 Å². The Balaban J connectivity index is 1.21. The van der Waals surface area contributed by atoms with Gasteiger partial charge in [0, 0.05) is 24.8 Å². The number of hydrogen-bond acceptors (Lipinski definition) is 6. The summed E-state index contributed by atoms with van der Waals surface area (Å²) in [6, 6.07) is 15.9. The Morgan fingerprint density at radius 3 is 2.37 bits per heavy atom. The molecule has 0 unspecified atom stereocenters. The molecule has 3 amide bonds. The van der Waals surface area contributed by atoms with Crippen LogP contribution in [-0.2, 0) is 19.1 Å². The highest BCUT2D eigenvalue weighted by Gasteiger charge is 2.72. The second kappa shape index (κ2) is 12.5. The third-order valence-electron chi connectivity index (χ3n) is 9.53. The Kier molecular flexibility index (Phi) is 8.54. The fourth-order valence-electron chi connectivity index (χ4n) is 7.28. The molecule has 2 N–H and O–H groups in total. The molecule has 3 heterocycles. The van der Waals surface area contributed by atoms with Gasteiger partial charge in [0.05, 0.1) is 17.9 Å². The molecule has 43 heavy (non-hydrogen) atoms. The average Bonchev–Trinajstić information content (AvgIpc) is 3.67. The van der Waals surface area contributed by atoms with Crippen molar-refractivity contribution in [3.8, 4) is 11.5 Å². The number of carbonyl (C=O) groups excluding carboxylic acids is 3. The molecule has 9 heteroatoms. The zero-order valence-corrected chi connectivity index (χ0v) is 25.0. The molecule has 0 radical (unpaired) electrons. The van der Waals surface area contributed by atoms with Crippen molar-refractivity contribution in [3.05, 3.63) is 66.7 Å². The van der Waals surface area contributed by atoms with Gasteiger partial charge in [-0.25, -0.2) is 0 Å². The molecule has 6 rings (SSSR count). The Labute approximate surface area is 253 Å². The first kappa shape index (κ1) is 29.4. The Hall–Kier alpha value is -3.69. The number of anilines is 1. The monoisotopic (exact) mass is 586 g/mol. The minimum atomic E-state index is -1.15. The highest BCUT2D eigenvalue weighted by Crippen LogP contribution is 2.55. The first-order valence-corrected chi connectivity index (χ1v) is 15.8. The second-order valence-corrected chi connectivity index (χ2v) is 12.0. The number of nitrogens with one attached hydrogen (secondary N) is 2. The smallest absolute Gasteiger partial charge is 0.246 e. The lowest BCUT2D eigenvalue weighted by atomic mass is 9.74. The van der Waals surface area contributed by atoms with Crippen molar-refractivity contribution in [2.24, 2.45) is 11.8 Å². The van der Waals surface area contributed by atoms with E-state index in [1.165, 1.54) is 6.42 Å². The quantitative estimate of drug-likeness (QED) is 0.380. The van der Waals surface area contributed by atoms with Crippen LogP contribution in [0.15, 0.2) is 66.7 Å². The van der Waals surface area contributed by atoms with Gasteiger partial charge in [-0.3, -0.25) is 14.4 Å². The summed E-state index contributed by atoms with van der Waals surface area (Å²) in [6.07, 6.45) is 8.43. The number of nitrogens with zero attached hydrogens (tertiary/aromatic N) is 2. The summed E-state index contributed by atoms with van der Waals surface area (Å²) in [5.74, 6) is -0.775. The first-order valence-electron chi connectivity index (χ1n) is 15.8. The summed E-state index contributed by atoms with van der Waals surface area (Å²) in [5, 5.41) is 6.25. The topological polar surface area (TPSA) is 100 Å². The normalized spacial score (nSPS) is 27.9. The van der Waals surface area contributed by atoms with Crippen LogP contribution < -0.4 is 15.4 Å². The van der Waals surface area contributed by atoms with E-state index in [0.717, 1.165) is 44.5 Å². The highest BCUT2D eigenvalue weighted by molar-refractivity contribution is 6.02. The number of benzene rings is 2. The number of hydrogen-bond donors (Lipinski definition) is 2. The van der Waals surface area contributed by atoms with E-state index in [4.69, 9.17) is 9.47 Å². The van der Waals surface area contributed by atoms with Crippen molar-refractivity contribution in [3.63, 3.8) is 0 Å². The summed E-state index contributed by atoms with van der Waals surface area (Å²) < 4.78 is 12.4. The van der Waals surface area contributed by atoms with Crippen LogP contribution in [0.4, 0.5) is 5.69 Å². The van der Waals surface area contributed by atoms with Gasteiger partial charge < -0.3 is 29.9 Å². The van der Waals surface area contributed by atoms with Crippen LogP contribution in [0.1, 0.15) is 46.0 Å². The largest absolute Gasteiger partial charge is 0.457 e. The van der Waals surface area contributed by atoms with Crippen molar-refractivity contribution in [2.75, 3.05) is 31.5 Å². The van der Waals surface area contributed by atoms with Gasteiger partial charge in [0.1, 0.15) is 23.1 Å². The van der Waals surface area contributed by atoms with E-state index in [9.17, 15) is 14.4 Å². The third kappa shape index (κ3) is 5.68. The molecule has 228 valence electrons. The third-order valence-corrected chi connectivity index (χ3v) is 9.53. The molecule has 2 bridgehead atoms. The summed E-state index contributed by atoms with van der Waals surface area (Å²) in [5.41, 5.74) is -0.555. The number of amides is 3. The minimum absolute atomic E-state index is 0.104. The molecule has 2 aromatic rings. The fourth-order valence-corrected chi connectivity index (χ4v) is 7.28. The van der Waals surface area contributed by atoms with Gasteiger partial charge in [-0.2, -0.15) is 0 Å². The molecule has 5 atom stereocenters. The predicted molar refractivity (Wildman–Crippen MR) is 164 cm³/mol. The van der Waals surface area contributed by atoms with Crippen molar-refractivity contribution in [1.82, 2.24) is 15.1 Å². The Morgan fingerprint density at radius 2 is 1.67 bits per heavy atom. The van der Waals surface area contributed by atoms with E-state index in [-0.39, 0.29) is 23.8 Å². The second-order valence-electron chi connectivity index (χ2n) is 12.0. The standard InChI is InChI=1S/C34H42N4O5/c1-3-37(4-2)21-22-38-30(32(40)36-23-11-7-5-8-12-23)34-20-19-27(43-34)28(29(34)33(38)41)31(39)35-24-15-17-26(18-16-24)42-25-13-9-6-10-14-25/h6,9-10,13-20,23,27-30H,3-5,7-8,11-12,21-22H2,1-2H3,(H,35,39)(H,36,40)/t27-,28+,29-,30-,34+/m1/s1. The van der Waals surface area contributed by atoms with Gasteiger partial charge in [-0.15, -0.1) is 0 Å². The Morgan fingerprint density at radius 1 is 0.977 bits per heavy atom. The van der Waals surface area contributed by atoms with Crippen LogP contribution in [-0.4, -0.2) is 77.5 Å². The van der Waals surface area contributed by atoms with Gasteiger partial charge in [-0.1, -0.05) is 63.5 Å². The first-order chi connectivity index (χ1) is 20.9. The molecule has 4 aliphatic rings. The zero-order valence-electron chi connectivity index (χ0n) is 25.0. The van der Waals surface area contributed by atoms with Crippen LogP contribution in [0.2, 0.25) is 0 Å². The predicted octanol–water partition coefficient (Wildman–Crippen LogP) is 4.36. The fraction of sp³-hybridized carbons (Fsp3) is 0.500. The van der Waals surface area contributed by atoms with Crippen LogP contribution in [0, 0.1) is 11.8 Å². The summed E-state index contributed by atoms with van der Waals surface area (Å²) in [4.78, 5) is 45.8. The van der Waals surface area contributed by atoms with E-state index in [1.807, 2.05) is 42.5 Å². The van der Waals surface area contributed by atoms with Gasteiger partial charge in [0.2, 0.25) is 17.7 Å². The number of para-hydroxylation sites is 1. The van der Waals surface area contributed by atoms with E-state index in [0.29, 0.717) is 24.5 Å². The maximum absolute atomic E-state index is 14.2. The molecule has 2 aromatic carbocycles. The number of ether oxygens (including phenoxy) is 2. The van der Waals surface area contributed by atoms with Gasteiger partial charge in [-0.05, 0) is 62.3 Å². The average molecular weight is 587 g/mol. The number of rotatable bonds is 11. The summed E-state index contributed by atoms with van der Waals surface area (Å²) >= 11 is 0. The molecular formula is C34H42N4O5. The zero-order chi connectivity index (χ0) is 30.0. The van der Waals surface area contributed by atoms with Crippen molar-refractivity contribution in [1.29, 1.82) is 0 Å². The van der Waals surface area contributed by atoms with Gasteiger partial charge >= 0.3 is 0 Å². The van der Waals surface area contributed by atoms with Crippen molar-refractivity contribution >= 4 is 23.4 Å². The van der Waals surface area contributed by atoms with E-state index in [1.54, 1.807) is 29.2 Å². The van der Waals surface area contributed by atoms with Crippen LogP contribution in [0.25, 0.3) is 0 Å². The van der Waals surface area contributed by atoms with Crippen molar-refractivity contribution in [2.45, 2.75) is 69.7 Å². The maximum atomic E-state index is 14.2. The molecule has 2 saturated heterocycles. The summed E-state index contributed by atoms with van der Waals surface area (Å²) in [7, 11) is 0. The number of likely N-dealkylation sites (tertiary alicyclic amines) is 1. The van der Waals surface area contributed by atoms with Crippen LogP contribution >= 0.6 is 0 Å². The summed E-state index contributed by atoms with van der Waals surface area (Å²) in [6.45, 7) is 6.93. The van der Waals surface area contributed by atoms with Crippen molar-refractivity contribution < 1.29 is 23.9 Å². The molecular weight excluding hydrogens is 544 g/mol. The lowest BCUT2D eigenvalue weighted by Crippen LogP contribution is -2.57. The molecule has 1 aliphatic carbocycles. The van der Waals surface area contributed by atoms with E-state index in [2.05, 4.69) is 29.4 Å². The lowest BCUT2D eigenvalue weighted by molar-refractivity contribution is -0.141. The molecule has 0 aromatic heterocycles. The van der Waals surface area contributed by atoms with E-state index >= 15 is 0 Å². The Bertz CT molecular complexity index is 1340. The molecule has 3 fully saturated rings. The SMILES string of the molecule is CCN(CC)CCN1C(=O)[C@H]2[C@@H](C(=O)Nc3ccc(Oc4ccccc4)cc3)[C@H]3C=C[C@@]2(O3)[C@H]1C(=O)NC1CCCCC1. The lowest BCUT2D eigenvalue weighted by Gasteiger charge is -2.34. The number of likely N-dealkylation sites (N-methyl/N-ethyl adjacent to an activating group) is 1. The number of carbonyl (C=O) groups is 3. The molecule has 9 nitrogen and oxygen atoms in total. The van der Waals surface area contributed by atoms with E-state index < -0.39 is 29.6 Å². The number of fused-ring (bicyclic) bond motifs is 1. The molecule has 3 aliphatic heterocycles. The molecule has 1 saturated carbocycles. The molecule has 1 spiro atoms. The minimum Gasteiger partial charge on any atom is -0.457 e.